The zero-order chi connectivity index (χ0) is 21.9. The molecule has 2 aliphatic rings. The van der Waals surface area contributed by atoms with Crippen molar-refractivity contribution in [1.82, 2.24) is 19.8 Å². The molecule has 0 atom stereocenters. The number of anilines is 2. The summed E-state index contributed by atoms with van der Waals surface area (Å²) in [5.41, 5.74) is 3.11. The maximum Gasteiger partial charge on any atom is 0.140 e. The molecule has 0 amide bonds. The van der Waals surface area contributed by atoms with E-state index in [9.17, 15) is 0 Å². The largest absolute Gasteiger partial charge is 0.489 e. The summed E-state index contributed by atoms with van der Waals surface area (Å²) < 4.78 is 6.24. The van der Waals surface area contributed by atoms with Crippen molar-refractivity contribution in [3.05, 3.63) is 91.2 Å². The van der Waals surface area contributed by atoms with Crippen LogP contribution in [0, 0.1) is 0 Å². The normalized spacial score (nSPS) is 15.2. The van der Waals surface area contributed by atoms with Gasteiger partial charge in [-0.2, -0.15) is 0 Å². The zero-order valence-corrected chi connectivity index (χ0v) is 18.3. The van der Waals surface area contributed by atoms with Crippen LogP contribution < -0.4 is 14.5 Å². The summed E-state index contributed by atoms with van der Waals surface area (Å²) in [6.45, 7) is 1.98. The van der Waals surface area contributed by atoms with E-state index in [2.05, 4.69) is 42.8 Å². The molecule has 0 N–H and O–H groups in total. The van der Waals surface area contributed by atoms with E-state index in [0.717, 1.165) is 47.5 Å². The quantitative estimate of drug-likeness (QED) is 0.589. The lowest BCUT2D eigenvalue weighted by molar-refractivity contribution is 0.306. The minimum Gasteiger partial charge on any atom is -0.489 e. The van der Waals surface area contributed by atoms with Gasteiger partial charge in [0.2, 0.25) is 0 Å². The highest BCUT2D eigenvalue weighted by Gasteiger charge is 2.18. The fraction of sp³-hybridized carbons (Fsp3) is 0.200. The summed E-state index contributed by atoms with van der Waals surface area (Å²) in [5.74, 6) is 2.51. The highest BCUT2D eigenvalue weighted by Crippen LogP contribution is 2.29. The Hall–Kier alpha value is -4.00. The molecule has 0 saturated carbocycles. The number of rotatable bonds is 6. The molecule has 3 aromatic rings. The van der Waals surface area contributed by atoms with Crippen LogP contribution in [-0.2, 0) is 6.61 Å². The van der Waals surface area contributed by atoms with Gasteiger partial charge in [0.15, 0.2) is 0 Å². The molecule has 0 fully saturated rings. The van der Waals surface area contributed by atoms with E-state index in [1.807, 2.05) is 81.5 Å². The number of nitrogens with zero attached hydrogens (tertiary/aromatic N) is 6. The molecule has 7 nitrogen and oxygen atoms in total. The van der Waals surface area contributed by atoms with E-state index in [-0.39, 0.29) is 0 Å². The van der Waals surface area contributed by atoms with Gasteiger partial charge in [-0.1, -0.05) is 30.3 Å². The number of benzene rings is 1. The van der Waals surface area contributed by atoms with Crippen molar-refractivity contribution in [3.63, 3.8) is 0 Å². The fourth-order valence-corrected chi connectivity index (χ4v) is 3.71. The van der Waals surface area contributed by atoms with Gasteiger partial charge >= 0.3 is 0 Å². The van der Waals surface area contributed by atoms with Crippen LogP contribution in [0.5, 0.6) is 5.75 Å². The molecular weight excluding hydrogens is 400 g/mol. The first kappa shape index (κ1) is 19.9. The van der Waals surface area contributed by atoms with Crippen LogP contribution in [0.3, 0.4) is 0 Å². The van der Waals surface area contributed by atoms with Gasteiger partial charge in [-0.15, -0.1) is 0 Å². The van der Waals surface area contributed by atoms with Crippen molar-refractivity contribution in [2.45, 2.75) is 6.61 Å². The molecule has 0 unspecified atom stereocenters. The predicted molar refractivity (Wildman–Crippen MR) is 127 cm³/mol. The maximum absolute atomic E-state index is 6.24. The fourth-order valence-electron chi connectivity index (χ4n) is 3.71. The lowest BCUT2D eigenvalue weighted by Gasteiger charge is -2.22. The molecule has 0 saturated heterocycles. The molecule has 1 aromatic carbocycles. The third-order valence-electron chi connectivity index (χ3n) is 5.41. The average Bonchev–Trinajstić information content (AvgIpc) is 3.47. The van der Waals surface area contributed by atoms with Crippen LogP contribution in [-0.4, -0.2) is 47.2 Å². The first-order chi connectivity index (χ1) is 15.6. The second-order valence-corrected chi connectivity index (χ2v) is 8.06. The molecule has 0 aliphatic carbocycles. The van der Waals surface area contributed by atoms with E-state index >= 15 is 0 Å². The Labute approximate surface area is 188 Å². The van der Waals surface area contributed by atoms with Gasteiger partial charge in [-0.05, 0) is 17.7 Å². The molecular formula is C25H26N6O. The van der Waals surface area contributed by atoms with Crippen molar-refractivity contribution in [1.29, 1.82) is 0 Å². The molecule has 0 radical (unpaired) electrons. The summed E-state index contributed by atoms with van der Waals surface area (Å²) in [4.78, 5) is 17.8. The zero-order valence-electron chi connectivity index (χ0n) is 18.3. The minimum atomic E-state index is 0.455. The highest BCUT2D eigenvalue weighted by molar-refractivity contribution is 5.60. The van der Waals surface area contributed by atoms with Crippen LogP contribution in [0.15, 0.2) is 85.6 Å². The highest BCUT2D eigenvalue weighted by atomic mass is 16.5. The summed E-state index contributed by atoms with van der Waals surface area (Å²) in [5, 5.41) is 0. The van der Waals surface area contributed by atoms with E-state index in [1.165, 1.54) is 0 Å². The lowest BCUT2D eigenvalue weighted by atomic mass is 10.1. The third-order valence-corrected chi connectivity index (χ3v) is 5.41. The SMILES string of the molecule is CN1C=CN(c2cc(OCc3ccnc(-c4ccccc4)c3)cc(N3C=CN(C)C3)n2)C1. The van der Waals surface area contributed by atoms with Gasteiger partial charge in [-0.3, -0.25) is 4.98 Å². The van der Waals surface area contributed by atoms with Crippen LogP contribution in [0.1, 0.15) is 5.56 Å². The average molecular weight is 427 g/mol. The predicted octanol–water partition coefficient (Wildman–Crippen LogP) is 4.08. The van der Waals surface area contributed by atoms with E-state index < -0.39 is 0 Å². The van der Waals surface area contributed by atoms with Crippen molar-refractivity contribution in [2.75, 3.05) is 37.2 Å². The van der Waals surface area contributed by atoms with E-state index in [1.54, 1.807) is 0 Å². The number of pyridine rings is 2. The molecule has 0 bridgehead atoms. The number of hydrogen-bond donors (Lipinski definition) is 0. The lowest BCUT2D eigenvalue weighted by Crippen LogP contribution is -2.25. The van der Waals surface area contributed by atoms with Crippen LogP contribution in [0.25, 0.3) is 11.3 Å². The van der Waals surface area contributed by atoms with Gasteiger partial charge in [0, 0.05) is 62.8 Å². The van der Waals surface area contributed by atoms with Gasteiger partial charge in [0.1, 0.15) is 24.0 Å². The topological polar surface area (TPSA) is 48.0 Å². The van der Waals surface area contributed by atoms with Gasteiger partial charge < -0.3 is 24.3 Å². The first-order valence-electron chi connectivity index (χ1n) is 10.6. The minimum absolute atomic E-state index is 0.455. The Bertz CT molecular complexity index is 1100. The van der Waals surface area contributed by atoms with Crippen LogP contribution in [0.4, 0.5) is 11.6 Å². The first-order valence-corrected chi connectivity index (χ1v) is 10.6. The molecule has 7 heteroatoms. The maximum atomic E-state index is 6.24. The second-order valence-electron chi connectivity index (χ2n) is 8.06. The number of aromatic nitrogens is 2. The second kappa shape index (κ2) is 8.63. The van der Waals surface area contributed by atoms with Gasteiger partial charge in [0.25, 0.3) is 0 Å². The standard InChI is InChI=1S/C25H26N6O/c1-28-10-12-30(18-28)24-15-22(16-25(27-24)31-13-11-29(2)19-31)32-17-20-8-9-26-23(14-20)21-6-4-3-5-7-21/h3-16H,17-19H2,1-2H3. The van der Waals surface area contributed by atoms with Crippen molar-refractivity contribution in [3.8, 4) is 17.0 Å². The van der Waals surface area contributed by atoms with E-state index in [4.69, 9.17) is 9.72 Å². The Morgan fingerprint density at radius 1 is 0.812 bits per heavy atom. The molecule has 2 aromatic heterocycles. The number of ether oxygens (including phenoxy) is 1. The van der Waals surface area contributed by atoms with Gasteiger partial charge in [-0.25, -0.2) is 4.98 Å². The summed E-state index contributed by atoms with van der Waals surface area (Å²) in [6, 6.07) is 18.2. The van der Waals surface area contributed by atoms with Crippen molar-refractivity contribution < 1.29 is 4.74 Å². The Morgan fingerprint density at radius 2 is 1.47 bits per heavy atom. The van der Waals surface area contributed by atoms with Crippen molar-refractivity contribution in [2.24, 2.45) is 0 Å². The molecule has 5 rings (SSSR count). The van der Waals surface area contributed by atoms with Gasteiger partial charge in [0.05, 0.1) is 19.0 Å². The third kappa shape index (κ3) is 4.37. The summed E-state index contributed by atoms with van der Waals surface area (Å²) >= 11 is 0. The monoisotopic (exact) mass is 426 g/mol. The molecule has 162 valence electrons. The molecule has 4 heterocycles. The Balaban J connectivity index is 1.38. The van der Waals surface area contributed by atoms with E-state index in [0.29, 0.717) is 6.61 Å². The Kier molecular flexibility index (Phi) is 5.37. The Morgan fingerprint density at radius 3 is 2.06 bits per heavy atom. The number of hydrogen-bond acceptors (Lipinski definition) is 7. The van der Waals surface area contributed by atoms with Crippen LogP contribution in [0.2, 0.25) is 0 Å². The molecule has 0 spiro atoms. The molecule has 2 aliphatic heterocycles. The van der Waals surface area contributed by atoms with Crippen molar-refractivity contribution >= 4 is 11.6 Å². The van der Waals surface area contributed by atoms with Crippen LogP contribution >= 0.6 is 0 Å². The summed E-state index contributed by atoms with van der Waals surface area (Å²) in [6.07, 6.45) is 9.99. The molecule has 32 heavy (non-hydrogen) atoms. The summed E-state index contributed by atoms with van der Waals surface area (Å²) in [7, 11) is 4.09. The smallest absolute Gasteiger partial charge is 0.140 e.